The van der Waals surface area contributed by atoms with Gasteiger partial charge in [-0.05, 0) is 79.8 Å². The molecule has 0 atom stereocenters. The number of halogens is 3. The van der Waals surface area contributed by atoms with Crippen LogP contribution in [-0.2, 0) is 0 Å². The van der Waals surface area contributed by atoms with Crippen LogP contribution in [0.1, 0.15) is 65.2 Å². The van der Waals surface area contributed by atoms with E-state index in [1.165, 1.54) is 47.8 Å². The molecule has 0 spiro atoms. The van der Waals surface area contributed by atoms with Crippen LogP contribution in [0.25, 0.3) is 0 Å². The predicted molar refractivity (Wildman–Crippen MR) is 167 cm³/mol. The van der Waals surface area contributed by atoms with E-state index in [0.717, 1.165) is 37.5 Å². The predicted octanol–water partition coefficient (Wildman–Crippen LogP) is 10.3. The Bertz CT molecular complexity index is 989. The first kappa shape index (κ1) is 30.3. The fourth-order valence-electron chi connectivity index (χ4n) is 6.51. The molecule has 0 saturated heterocycles. The average molecular weight is 573 g/mol. The van der Waals surface area contributed by atoms with Crippen molar-refractivity contribution in [3.05, 3.63) is 91.0 Å². The number of hydrogen-bond donors (Lipinski definition) is 0. The summed E-state index contributed by atoms with van der Waals surface area (Å²) in [5, 5.41) is 4.59. The van der Waals surface area contributed by atoms with E-state index in [1.54, 1.807) is 0 Å². The normalized spacial score (nSPS) is 23.9. The highest BCUT2D eigenvalue weighted by atomic mass is 31.3. The number of hydrogen-bond acceptors (Lipinski definition) is 0. The Morgan fingerprint density at radius 1 is 0.487 bits per heavy atom. The number of rotatable bonds is 7. The van der Waals surface area contributed by atoms with E-state index in [1.807, 2.05) is 0 Å². The van der Waals surface area contributed by atoms with Gasteiger partial charge < -0.3 is 0 Å². The lowest BCUT2D eigenvalue weighted by molar-refractivity contribution is 0.304. The van der Waals surface area contributed by atoms with Gasteiger partial charge in [0.05, 0.1) is 6.16 Å². The zero-order chi connectivity index (χ0) is 27.7. The van der Waals surface area contributed by atoms with E-state index in [0.29, 0.717) is 5.92 Å². The molecule has 2 aliphatic rings. The molecule has 210 valence electrons. The van der Waals surface area contributed by atoms with Crippen molar-refractivity contribution in [3.8, 4) is 0 Å². The van der Waals surface area contributed by atoms with Crippen molar-refractivity contribution in [2.24, 2.45) is 23.7 Å². The third-order valence-electron chi connectivity index (χ3n) is 8.86. The first-order valence-corrected chi connectivity index (χ1v) is 18.4. The van der Waals surface area contributed by atoms with Gasteiger partial charge in [0.1, 0.15) is 23.2 Å². The molecule has 0 N–H and O–H groups in total. The Balaban J connectivity index is 0.000000247. The van der Waals surface area contributed by atoms with Crippen molar-refractivity contribution in [3.63, 3.8) is 0 Å². The fourth-order valence-corrected chi connectivity index (χ4v) is 12.2. The van der Waals surface area contributed by atoms with Crippen LogP contribution in [0, 0.1) is 23.7 Å². The summed E-state index contributed by atoms with van der Waals surface area (Å²) in [5.41, 5.74) is 0. The van der Waals surface area contributed by atoms with Gasteiger partial charge in [0.2, 0.25) is 0 Å². The van der Waals surface area contributed by atoms with E-state index in [9.17, 15) is 12.6 Å². The maximum absolute atomic E-state index is 12.0. The van der Waals surface area contributed by atoms with Crippen molar-refractivity contribution in [1.82, 2.24) is 0 Å². The molecule has 3 aromatic carbocycles. The smallest absolute Gasteiger partial charge is 0.0625 e. The van der Waals surface area contributed by atoms with Crippen molar-refractivity contribution in [2.75, 3.05) is 12.3 Å². The minimum absolute atomic E-state index is 0.0467. The molecule has 0 unspecified atom stereocenters. The third-order valence-corrected chi connectivity index (χ3v) is 14.4. The molecule has 2 aliphatic carbocycles. The topological polar surface area (TPSA) is 0 Å². The van der Waals surface area contributed by atoms with Gasteiger partial charge in [-0.2, -0.15) is 0 Å². The van der Waals surface area contributed by atoms with Crippen LogP contribution in [0.5, 0.6) is 0 Å². The van der Waals surface area contributed by atoms with E-state index in [2.05, 4.69) is 105 Å². The fraction of sp³-hybridized carbons (Fsp3) is 0.471. The lowest BCUT2D eigenvalue weighted by Gasteiger charge is -2.33. The summed E-state index contributed by atoms with van der Waals surface area (Å²) in [7, 11) is -6.65. The Hall–Kier alpha value is -1.69. The molecule has 0 aliphatic heterocycles. The van der Waals surface area contributed by atoms with Crippen LogP contribution in [0.15, 0.2) is 91.0 Å². The highest BCUT2D eigenvalue weighted by Crippen LogP contribution is 2.66. The first-order valence-electron chi connectivity index (χ1n) is 14.8. The SMILES string of the molecule is CC1CCC(C[P+](F)(F)F)CC1.CC1CCC(C[P+](c2ccccc2)(c2ccccc2)c2ccccc2)CC1. The highest BCUT2D eigenvalue weighted by molar-refractivity contribution is 7.95. The van der Waals surface area contributed by atoms with Crippen LogP contribution in [0.2, 0.25) is 0 Å². The van der Waals surface area contributed by atoms with Crippen LogP contribution in [0.3, 0.4) is 0 Å². The molecule has 3 aromatic rings. The molecule has 0 bridgehead atoms. The molecular formula is C34H45F3P2+2. The quantitative estimate of drug-likeness (QED) is 0.247. The molecule has 0 radical (unpaired) electrons. The maximum Gasteiger partial charge on any atom is 0.569 e. The molecular weight excluding hydrogens is 527 g/mol. The van der Waals surface area contributed by atoms with Crippen molar-refractivity contribution in [1.29, 1.82) is 0 Å². The van der Waals surface area contributed by atoms with Gasteiger partial charge in [0.25, 0.3) is 0 Å². The van der Waals surface area contributed by atoms with Gasteiger partial charge >= 0.3 is 8.19 Å². The van der Waals surface area contributed by atoms with Gasteiger partial charge in [-0.3, -0.25) is 0 Å². The Morgan fingerprint density at radius 2 is 0.795 bits per heavy atom. The second-order valence-corrected chi connectivity index (χ2v) is 17.0. The van der Waals surface area contributed by atoms with Crippen molar-refractivity contribution in [2.45, 2.75) is 65.2 Å². The minimum Gasteiger partial charge on any atom is -0.0625 e. The zero-order valence-electron chi connectivity index (χ0n) is 23.6. The van der Waals surface area contributed by atoms with Crippen LogP contribution in [0.4, 0.5) is 12.6 Å². The first-order chi connectivity index (χ1) is 18.8. The van der Waals surface area contributed by atoms with Crippen molar-refractivity contribution >= 4 is 31.4 Å². The Morgan fingerprint density at radius 3 is 1.10 bits per heavy atom. The van der Waals surface area contributed by atoms with Gasteiger partial charge in [0.15, 0.2) is 6.16 Å². The zero-order valence-corrected chi connectivity index (χ0v) is 25.4. The summed E-state index contributed by atoms with van der Waals surface area (Å²) in [6.07, 6.45) is 9.96. The highest BCUT2D eigenvalue weighted by Gasteiger charge is 2.47. The second-order valence-electron chi connectivity index (χ2n) is 12.0. The Kier molecular flexibility index (Phi) is 11.1. The molecule has 0 aromatic heterocycles. The Labute approximate surface area is 235 Å². The summed E-state index contributed by atoms with van der Waals surface area (Å²) >= 11 is 0. The summed E-state index contributed by atoms with van der Waals surface area (Å²) in [6, 6.07) is 34.0. The van der Waals surface area contributed by atoms with Gasteiger partial charge in [0, 0.05) is 18.5 Å². The molecule has 2 saturated carbocycles. The van der Waals surface area contributed by atoms with Crippen LogP contribution < -0.4 is 15.9 Å². The molecule has 0 amide bonds. The van der Waals surface area contributed by atoms with E-state index >= 15 is 0 Å². The van der Waals surface area contributed by atoms with Crippen LogP contribution >= 0.6 is 15.5 Å². The monoisotopic (exact) mass is 572 g/mol. The molecule has 0 heterocycles. The molecule has 39 heavy (non-hydrogen) atoms. The lowest BCUT2D eigenvalue weighted by atomic mass is 9.84. The molecule has 0 nitrogen and oxygen atoms in total. The lowest BCUT2D eigenvalue weighted by Crippen LogP contribution is -2.36. The summed E-state index contributed by atoms with van der Waals surface area (Å²) in [6.45, 7) is 4.54. The van der Waals surface area contributed by atoms with Gasteiger partial charge in [-0.25, -0.2) is 0 Å². The van der Waals surface area contributed by atoms with Crippen LogP contribution in [-0.4, -0.2) is 12.3 Å². The van der Waals surface area contributed by atoms with E-state index < -0.39 is 21.6 Å². The average Bonchev–Trinajstić information content (AvgIpc) is 2.95. The molecule has 5 heteroatoms. The standard InChI is InChI=1S/C26H30P.C8H15F3P/c1-22-17-19-23(20-18-22)21-27(24-11-5-2-6-12-24,25-13-7-3-8-14-25)26-15-9-4-10-16-26;1-7-2-4-8(5-3-7)6-12(9,10)11/h2-16,22-23H,17-21H2,1H3;7-8H,2-6H2,1H3/q2*+1. The van der Waals surface area contributed by atoms with Crippen molar-refractivity contribution < 1.29 is 12.6 Å². The molecule has 5 rings (SSSR count). The summed E-state index contributed by atoms with van der Waals surface area (Å²) < 4.78 is 36.1. The maximum atomic E-state index is 12.0. The summed E-state index contributed by atoms with van der Waals surface area (Å²) in [4.78, 5) is 0. The van der Waals surface area contributed by atoms with E-state index in [4.69, 9.17) is 0 Å². The van der Waals surface area contributed by atoms with E-state index in [-0.39, 0.29) is 5.92 Å². The largest absolute Gasteiger partial charge is 0.569 e. The second kappa shape index (κ2) is 14.3. The summed E-state index contributed by atoms with van der Waals surface area (Å²) in [5.74, 6) is 2.33. The third kappa shape index (κ3) is 8.65. The van der Waals surface area contributed by atoms with Gasteiger partial charge in [-0.1, -0.05) is 94.1 Å². The minimum atomic E-state index is -5.00. The number of benzene rings is 3. The molecule has 2 fully saturated rings. The van der Waals surface area contributed by atoms with Gasteiger partial charge in [-0.15, -0.1) is 0 Å².